The summed E-state index contributed by atoms with van der Waals surface area (Å²) in [6, 6.07) is 5.53. The summed E-state index contributed by atoms with van der Waals surface area (Å²) in [6.07, 6.45) is 3.53. The van der Waals surface area contributed by atoms with E-state index in [9.17, 15) is 9.90 Å². The van der Waals surface area contributed by atoms with Crippen molar-refractivity contribution < 1.29 is 14.6 Å². The van der Waals surface area contributed by atoms with Crippen LogP contribution in [0.1, 0.15) is 33.6 Å². The number of carboxylic acids is 1. The van der Waals surface area contributed by atoms with E-state index in [0.29, 0.717) is 5.75 Å². The molecule has 0 amide bonds. The average Bonchev–Trinajstić information content (AvgIpc) is 2.82. The van der Waals surface area contributed by atoms with Gasteiger partial charge in [-0.3, -0.25) is 4.98 Å². The summed E-state index contributed by atoms with van der Waals surface area (Å²) in [6.45, 7) is 2.32. The van der Waals surface area contributed by atoms with Crippen LogP contribution in [0, 0.1) is 0 Å². The van der Waals surface area contributed by atoms with E-state index >= 15 is 0 Å². The van der Waals surface area contributed by atoms with Gasteiger partial charge in [-0.2, -0.15) is 0 Å². The quantitative estimate of drug-likeness (QED) is 0.845. The maximum absolute atomic E-state index is 11.2. The number of nitrogens with zero attached hydrogens (tertiary/aromatic N) is 1. The van der Waals surface area contributed by atoms with E-state index in [1.165, 1.54) is 11.3 Å². The molecular weight excluding hydrogens is 342 g/mol. The van der Waals surface area contributed by atoms with Gasteiger partial charge in [0.25, 0.3) is 0 Å². The number of aromatic carboxylic acids is 1. The topological polar surface area (TPSA) is 59.4 Å². The molecule has 0 radical (unpaired) electrons. The largest absolute Gasteiger partial charge is 0.485 e. The number of pyridine rings is 1. The van der Waals surface area contributed by atoms with Gasteiger partial charge in [0, 0.05) is 15.5 Å². The summed E-state index contributed by atoms with van der Waals surface area (Å²) in [7, 11) is 0. The SMILES string of the molecule is CCCc1cc(OCc2ccc(Br)cn2)c(C(=O)O)s1. The van der Waals surface area contributed by atoms with E-state index in [0.717, 1.165) is 27.9 Å². The van der Waals surface area contributed by atoms with Gasteiger partial charge in [-0.05, 0) is 40.5 Å². The number of hydrogen-bond acceptors (Lipinski definition) is 4. The second-order valence-corrected chi connectivity index (χ2v) is 6.27. The lowest BCUT2D eigenvalue weighted by Gasteiger charge is -2.04. The molecule has 0 saturated heterocycles. The van der Waals surface area contributed by atoms with E-state index in [2.05, 4.69) is 27.8 Å². The lowest BCUT2D eigenvalue weighted by Crippen LogP contribution is -2.01. The van der Waals surface area contributed by atoms with Gasteiger partial charge in [0.15, 0.2) is 4.88 Å². The van der Waals surface area contributed by atoms with Crippen LogP contribution in [0.4, 0.5) is 0 Å². The molecule has 0 atom stereocenters. The molecule has 0 unspecified atom stereocenters. The number of thiophene rings is 1. The maximum Gasteiger partial charge on any atom is 0.349 e. The van der Waals surface area contributed by atoms with Crippen LogP contribution < -0.4 is 4.74 Å². The number of halogens is 1. The third kappa shape index (κ3) is 3.80. The van der Waals surface area contributed by atoms with Gasteiger partial charge in [0.05, 0.1) is 5.69 Å². The van der Waals surface area contributed by atoms with Crippen molar-refractivity contribution in [3.63, 3.8) is 0 Å². The number of aromatic nitrogens is 1. The second-order valence-electron chi connectivity index (χ2n) is 4.22. The van der Waals surface area contributed by atoms with Gasteiger partial charge < -0.3 is 9.84 Å². The molecule has 2 rings (SSSR count). The molecule has 0 bridgehead atoms. The highest BCUT2D eigenvalue weighted by atomic mass is 79.9. The first kappa shape index (κ1) is 15.0. The van der Waals surface area contributed by atoms with Crippen molar-refractivity contribution in [2.45, 2.75) is 26.4 Å². The third-order valence-corrected chi connectivity index (χ3v) is 4.24. The van der Waals surface area contributed by atoms with Crippen molar-refractivity contribution in [1.82, 2.24) is 4.98 Å². The molecule has 0 spiro atoms. The Morgan fingerprint density at radius 2 is 2.30 bits per heavy atom. The fourth-order valence-electron chi connectivity index (χ4n) is 1.69. The van der Waals surface area contributed by atoms with E-state index < -0.39 is 5.97 Å². The Morgan fingerprint density at radius 3 is 2.90 bits per heavy atom. The zero-order valence-corrected chi connectivity index (χ0v) is 13.3. The zero-order chi connectivity index (χ0) is 14.5. The normalized spacial score (nSPS) is 10.5. The minimum absolute atomic E-state index is 0.255. The molecule has 0 aliphatic heterocycles. The molecule has 0 aromatic carbocycles. The van der Waals surface area contributed by atoms with E-state index in [1.807, 2.05) is 18.2 Å². The predicted octanol–water partition coefficient (Wildman–Crippen LogP) is 4.14. The Morgan fingerprint density at radius 1 is 1.50 bits per heavy atom. The third-order valence-electron chi connectivity index (χ3n) is 2.60. The second kappa shape index (κ2) is 6.85. The molecule has 1 N–H and O–H groups in total. The van der Waals surface area contributed by atoms with Gasteiger partial charge >= 0.3 is 5.97 Å². The van der Waals surface area contributed by atoms with Crippen molar-refractivity contribution in [3.05, 3.63) is 44.3 Å². The van der Waals surface area contributed by atoms with Crippen LogP contribution in [0.2, 0.25) is 0 Å². The molecule has 0 aliphatic carbocycles. The van der Waals surface area contributed by atoms with E-state index in [-0.39, 0.29) is 11.5 Å². The molecule has 20 heavy (non-hydrogen) atoms. The number of carbonyl (C=O) groups is 1. The molecular formula is C14H14BrNO3S. The van der Waals surface area contributed by atoms with Gasteiger partial charge in [0.1, 0.15) is 12.4 Å². The van der Waals surface area contributed by atoms with Gasteiger partial charge in [-0.1, -0.05) is 13.3 Å². The Bertz CT molecular complexity index is 595. The summed E-state index contributed by atoms with van der Waals surface area (Å²) in [5, 5.41) is 9.19. The highest BCUT2D eigenvalue weighted by Crippen LogP contribution is 2.30. The molecule has 6 heteroatoms. The number of rotatable bonds is 6. The Balaban J connectivity index is 2.11. The summed E-state index contributed by atoms with van der Waals surface area (Å²) in [5.41, 5.74) is 0.757. The Labute approximate surface area is 129 Å². The Kier molecular flexibility index (Phi) is 5.14. The van der Waals surface area contributed by atoms with Crippen molar-refractivity contribution in [2.24, 2.45) is 0 Å². The molecule has 2 aromatic rings. The van der Waals surface area contributed by atoms with Crippen LogP contribution in [0.25, 0.3) is 0 Å². The number of hydrogen-bond donors (Lipinski definition) is 1. The first-order chi connectivity index (χ1) is 9.60. The number of aryl methyl sites for hydroxylation is 1. The van der Waals surface area contributed by atoms with Crippen LogP contribution in [0.15, 0.2) is 28.9 Å². The molecule has 2 aromatic heterocycles. The fourth-order valence-corrected chi connectivity index (χ4v) is 2.97. The lowest BCUT2D eigenvalue weighted by atomic mass is 10.3. The molecule has 106 valence electrons. The Hall–Kier alpha value is -1.40. The molecule has 0 aliphatic rings. The minimum Gasteiger partial charge on any atom is -0.485 e. The number of ether oxygens (including phenoxy) is 1. The van der Waals surface area contributed by atoms with Gasteiger partial charge in [-0.25, -0.2) is 4.79 Å². The van der Waals surface area contributed by atoms with Crippen LogP contribution in [-0.4, -0.2) is 16.1 Å². The summed E-state index contributed by atoms with van der Waals surface area (Å²) in [4.78, 5) is 16.7. The summed E-state index contributed by atoms with van der Waals surface area (Å²) >= 11 is 4.59. The van der Waals surface area contributed by atoms with Crippen LogP contribution in [0.5, 0.6) is 5.75 Å². The highest BCUT2D eigenvalue weighted by Gasteiger charge is 2.16. The summed E-state index contributed by atoms with van der Waals surface area (Å²) in [5.74, 6) is -0.521. The minimum atomic E-state index is -0.948. The maximum atomic E-state index is 11.2. The van der Waals surface area contributed by atoms with Crippen molar-refractivity contribution >= 4 is 33.2 Å². The van der Waals surface area contributed by atoms with Crippen molar-refractivity contribution in [3.8, 4) is 5.75 Å². The first-order valence-corrected chi connectivity index (χ1v) is 7.80. The molecule has 0 saturated carbocycles. The van der Waals surface area contributed by atoms with E-state index in [4.69, 9.17) is 4.74 Å². The zero-order valence-electron chi connectivity index (χ0n) is 10.9. The van der Waals surface area contributed by atoms with E-state index in [1.54, 1.807) is 6.20 Å². The molecule has 0 fully saturated rings. The fraction of sp³-hybridized carbons (Fsp3) is 0.286. The lowest BCUT2D eigenvalue weighted by molar-refractivity contribution is 0.0697. The highest BCUT2D eigenvalue weighted by molar-refractivity contribution is 9.10. The monoisotopic (exact) mass is 355 g/mol. The summed E-state index contributed by atoms with van der Waals surface area (Å²) < 4.78 is 6.50. The standard InChI is InChI=1S/C14H14BrNO3S/c1-2-3-11-6-12(13(20-11)14(17)18)19-8-10-5-4-9(15)7-16-10/h4-7H,2-3,8H2,1H3,(H,17,18). The van der Waals surface area contributed by atoms with Crippen LogP contribution >= 0.6 is 27.3 Å². The van der Waals surface area contributed by atoms with Crippen molar-refractivity contribution in [2.75, 3.05) is 0 Å². The van der Waals surface area contributed by atoms with Crippen LogP contribution in [-0.2, 0) is 13.0 Å². The van der Waals surface area contributed by atoms with Gasteiger partial charge in [-0.15, -0.1) is 11.3 Å². The van der Waals surface area contributed by atoms with Gasteiger partial charge in [0.2, 0.25) is 0 Å². The van der Waals surface area contributed by atoms with Crippen molar-refractivity contribution in [1.29, 1.82) is 0 Å². The average molecular weight is 356 g/mol. The smallest absolute Gasteiger partial charge is 0.349 e. The molecule has 4 nitrogen and oxygen atoms in total. The molecule has 2 heterocycles. The predicted molar refractivity (Wildman–Crippen MR) is 81.5 cm³/mol. The number of carboxylic acid groups (broad SMARTS) is 1. The van der Waals surface area contributed by atoms with Crippen LogP contribution in [0.3, 0.4) is 0 Å². The first-order valence-electron chi connectivity index (χ1n) is 6.19.